The first-order chi connectivity index (χ1) is 8.22. The van der Waals surface area contributed by atoms with E-state index in [2.05, 4.69) is 10.3 Å². The Morgan fingerprint density at radius 1 is 1.59 bits per heavy atom. The molecule has 0 N–H and O–H groups in total. The molecular formula is C12H13N3O2. The summed E-state index contributed by atoms with van der Waals surface area (Å²) in [7, 11) is 0. The first kappa shape index (κ1) is 11.3. The molecule has 0 unspecified atom stereocenters. The lowest BCUT2D eigenvalue weighted by molar-refractivity contribution is 0.104. The molecule has 0 saturated carbocycles. The Morgan fingerprint density at radius 3 is 3.06 bits per heavy atom. The maximum absolute atomic E-state index is 11.8. The summed E-state index contributed by atoms with van der Waals surface area (Å²) in [6, 6.07) is 1.85. The largest absolute Gasteiger partial charge is 0.364 e. The number of ketones is 1. The van der Waals surface area contributed by atoms with Crippen LogP contribution < -0.4 is 0 Å². The van der Waals surface area contributed by atoms with Crippen molar-refractivity contribution in [1.29, 1.82) is 0 Å². The van der Waals surface area contributed by atoms with Gasteiger partial charge in [-0.15, -0.1) is 0 Å². The van der Waals surface area contributed by atoms with Crippen LogP contribution >= 0.6 is 0 Å². The lowest BCUT2D eigenvalue weighted by Crippen LogP contribution is -1.99. The van der Waals surface area contributed by atoms with E-state index in [4.69, 9.17) is 4.52 Å². The SMILES string of the molecule is CCn1nccc1/C=C/C(=O)c1conc1C. The number of aryl methyl sites for hydroxylation is 2. The Hall–Kier alpha value is -2.17. The number of allylic oxidation sites excluding steroid dienone is 1. The molecule has 88 valence electrons. The van der Waals surface area contributed by atoms with Crippen molar-refractivity contribution >= 4 is 11.9 Å². The van der Waals surface area contributed by atoms with Gasteiger partial charge in [-0.3, -0.25) is 9.48 Å². The molecule has 0 bridgehead atoms. The summed E-state index contributed by atoms with van der Waals surface area (Å²) in [5, 5.41) is 7.79. The third kappa shape index (κ3) is 2.33. The normalized spacial score (nSPS) is 11.2. The third-order valence-corrected chi connectivity index (χ3v) is 2.47. The van der Waals surface area contributed by atoms with Gasteiger partial charge < -0.3 is 4.52 Å². The fourth-order valence-corrected chi connectivity index (χ4v) is 1.53. The maximum atomic E-state index is 11.8. The van der Waals surface area contributed by atoms with Gasteiger partial charge in [0.15, 0.2) is 5.78 Å². The van der Waals surface area contributed by atoms with E-state index in [1.54, 1.807) is 19.2 Å². The molecule has 0 saturated heterocycles. The molecule has 2 heterocycles. The van der Waals surface area contributed by atoms with Gasteiger partial charge in [-0.25, -0.2) is 0 Å². The Kier molecular flexibility index (Phi) is 3.18. The summed E-state index contributed by atoms with van der Waals surface area (Å²) < 4.78 is 6.54. The average molecular weight is 231 g/mol. The van der Waals surface area contributed by atoms with Crippen LogP contribution in [0.25, 0.3) is 6.08 Å². The molecule has 0 aliphatic heterocycles. The van der Waals surface area contributed by atoms with E-state index in [-0.39, 0.29) is 5.78 Å². The van der Waals surface area contributed by atoms with E-state index >= 15 is 0 Å². The van der Waals surface area contributed by atoms with Crippen molar-refractivity contribution < 1.29 is 9.32 Å². The highest BCUT2D eigenvalue weighted by atomic mass is 16.5. The van der Waals surface area contributed by atoms with Crippen LogP contribution in [0.4, 0.5) is 0 Å². The number of rotatable bonds is 4. The summed E-state index contributed by atoms with van der Waals surface area (Å²) in [6.45, 7) is 4.50. The number of carbonyl (C=O) groups excluding carboxylic acids is 1. The van der Waals surface area contributed by atoms with Crippen LogP contribution in [-0.2, 0) is 6.54 Å². The summed E-state index contributed by atoms with van der Waals surface area (Å²) in [5.41, 5.74) is 1.99. The van der Waals surface area contributed by atoms with E-state index in [9.17, 15) is 4.79 Å². The fourth-order valence-electron chi connectivity index (χ4n) is 1.53. The first-order valence-corrected chi connectivity index (χ1v) is 5.37. The van der Waals surface area contributed by atoms with Crippen molar-refractivity contribution in [3.8, 4) is 0 Å². The van der Waals surface area contributed by atoms with Gasteiger partial charge in [0.1, 0.15) is 6.26 Å². The van der Waals surface area contributed by atoms with Gasteiger partial charge in [-0.05, 0) is 32.1 Å². The highest BCUT2D eigenvalue weighted by molar-refractivity contribution is 6.07. The van der Waals surface area contributed by atoms with Gasteiger partial charge in [-0.2, -0.15) is 5.10 Å². The minimum absolute atomic E-state index is 0.118. The molecule has 0 atom stereocenters. The van der Waals surface area contributed by atoms with Crippen LogP contribution in [0.1, 0.15) is 28.7 Å². The quantitative estimate of drug-likeness (QED) is 0.597. The number of hydrogen-bond donors (Lipinski definition) is 0. The Bertz CT molecular complexity index is 552. The summed E-state index contributed by atoms with van der Waals surface area (Å²) in [4.78, 5) is 11.8. The van der Waals surface area contributed by atoms with Gasteiger partial charge in [0, 0.05) is 12.7 Å². The van der Waals surface area contributed by atoms with Crippen molar-refractivity contribution in [3.05, 3.63) is 41.6 Å². The standard InChI is InChI=1S/C12H13N3O2/c1-3-15-10(6-7-13-15)4-5-12(16)11-8-17-14-9(11)2/h4-8H,3H2,1-2H3/b5-4+. The molecule has 5 heteroatoms. The lowest BCUT2D eigenvalue weighted by atomic mass is 10.1. The van der Waals surface area contributed by atoms with Gasteiger partial charge >= 0.3 is 0 Å². The van der Waals surface area contributed by atoms with Gasteiger partial charge in [0.25, 0.3) is 0 Å². The lowest BCUT2D eigenvalue weighted by Gasteiger charge is -1.98. The van der Waals surface area contributed by atoms with Crippen molar-refractivity contribution in [2.75, 3.05) is 0 Å². The van der Waals surface area contributed by atoms with Crippen molar-refractivity contribution in [2.24, 2.45) is 0 Å². The smallest absolute Gasteiger partial charge is 0.191 e. The monoisotopic (exact) mass is 231 g/mol. The number of aromatic nitrogens is 3. The molecule has 17 heavy (non-hydrogen) atoms. The molecule has 2 aromatic heterocycles. The highest BCUT2D eigenvalue weighted by Crippen LogP contribution is 2.08. The molecule has 0 amide bonds. The molecular weight excluding hydrogens is 218 g/mol. The molecule has 0 radical (unpaired) electrons. The number of hydrogen-bond acceptors (Lipinski definition) is 4. The second-order valence-corrected chi connectivity index (χ2v) is 3.58. The molecule has 2 rings (SSSR count). The first-order valence-electron chi connectivity index (χ1n) is 5.37. The van der Waals surface area contributed by atoms with Gasteiger partial charge in [0.2, 0.25) is 0 Å². The molecule has 0 aliphatic carbocycles. The summed E-state index contributed by atoms with van der Waals surface area (Å²) in [6.07, 6.45) is 6.31. The summed E-state index contributed by atoms with van der Waals surface area (Å²) >= 11 is 0. The zero-order valence-electron chi connectivity index (χ0n) is 9.75. The molecule has 5 nitrogen and oxygen atoms in total. The maximum Gasteiger partial charge on any atom is 0.191 e. The topological polar surface area (TPSA) is 60.9 Å². The highest BCUT2D eigenvalue weighted by Gasteiger charge is 2.09. The number of nitrogens with zero attached hydrogens (tertiary/aromatic N) is 3. The molecule has 2 aromatic rings. The Morgan fingerprint density at radius 2 is 2.41 bits per heavy atom. The number of carbonyl (C=O) groups is 1. The van der Waals surface area contributed by atoms with Crippen LogP contribution in [0.15, 0.2) is 29.1 Å². The van der Waals surface area contributed by atoms with Crippen molar-refractivity contribution in [3.63, 3.8) is 0 Å². The average Bonchev–Trinajstić information content (AvgIpc) is 2.94. The Balaban J connectivity index is 2.17. The van der Waals surface area contributed by atoms with E-state index < -0.39 is 0 Å². The van der Waals surface area contributed by atoms with Crippen LogP contribution in [-0.4, -0.2) is 20.7 Å². The van der Waals surface area contributed by atoms with Crippen LogP contribution in [0, 0.1) is 6.92 Å². The van der Waals surface area contributed by atoms with Crippen molar-refractivity contribution in [2.45, 2.75) is 20.4 Å². The van der Waals surface area contributed by atoms with Gasteiger partial charge in [0.05, 0.1) is 17.0 Å². The van der Waals surface area contributed by atoms with Crippen LogP contribution in [0.2, 0.25) is 0 Å². The molecule has 0 fully saturated rings. The van der Waals surface area contributed by atoms with Crippen LogP contribution in [0.3, 0.4) is 0 Å². The molecule has 0 aliphatic rings. The second kappa shape index (κ2) is 4.78. The Labute approximate surface area is 98.7 Å². The predicted molar refractivity (Wildman–Crippen MR) is 62.5 cm³/mol. The summed E-state index contributed by atoms with van der Waals surface area (Å²) in [5.74, 6) is -0.118. The van der Waals surface area contributed by atoms with E-state index in [0.29, 0.717) is 11.3 Å². The van der Waals surface area contributed by atoms with E-state index in [0.717, 1.165) is 12.2 Å². The zero-order chi connectivity index (χ0) is 12.3. The molecule has 0 spiro atoms. The second-order valence-electron chi connectivity index (χ2n) is 3.58. The zero-order valence-corrected chi connectivity index (χ0v) is 9.75. The minimum Gasteiger partial charge on any atom is -0.364 e. The van der Waals surface area contributed by atoms with Crippen molar-refractivity contribution in [1.82, 2.24) is 14.9 Å². The minimum atomic E-state index is -0.118. The molecule has 0 aromatic carbocycles. The third-order valence-electron chi connectivity index (χ3n) is 2.47. The van der Waals surface area contributed by atoms with Gasteiger partial charge in [-0.1, -0.05) is 5.16 Å². The van der Waals surface area contributed by atoms with E-state index in [1.807, 2.05) is 17.7 Å². The predicted octanol–water partition coefficient (Wildman–Crippen LogP) is 2.10. The van der Waals surface area contributed by atoms with Crippen LogP contribution in [0.5, 0.6) is 0 Å². The fraction of sp³-hybridized carbons (Fsp3) is 0.250. The van der Waals surface area contributed by atoms with E-state index in [1.165, 1.54) is 12.3 Å².